The van der Waals surface area contributed by atoms with E-state index < -0.39 is 6.09 Å². The van der Waals surface area contributed by atoms with Crippen LogP contribution in [0.5, 0.6) is 0 Å². The molecule has 0 unspecified atom stereocenters. The first-order valence-corrected chi connectivity index (χ1v) is 12.7. The maximum atomic E-state index is 13.4. The zero-order chi connectivity index (χ0) is 23.7. The van der Waals surface area contributed by atoms with Crippen molar-refractivity contribution in [1.82, 2.24) is 29.8 Å². The second-order valence-electron chi connectivity index (χ2n) is 8.87. The number of hydrogen-bond donors (Lipinski definition) is 2. The fourth-order valence-corrected chi connectivity index (χ4v) is 5.10. The first-order valence-electron chi connectivity index (χ1n) is 11.8. The highest BCUT2D eigenvalue weighted by molar-refractivity contribution is 7.16. The Morgan fingerprint density at radius 2 is 2.00 bits per heavy atom. The molecule has 5 rings (SSSR count). The summed E-state index contributed by atoms with van der Waals surface area (Å²) in [4.78, 5) is 37.3. The van der Waals surface area contributed by atoms with Crippen LogP contribution in [0, 0.1) is 5.92 Å². The number of piperidine rings is 1. The van der Waals surface area contributed by atoms with Crippen LogP contribution in [-0.2, 0) is 4.74 Å². The maximum Gasteiger partial charge on any atom is 0.407 e. The van der Waals surface area contributed by atoms with Crippen molar-refractivity contribution in [3.8, 4) is 11.4 Å². The molecule has 188 valence electrons. The van der Waals surface area contributed by atoms with Crippen molar-refractivity contribution in [2.75, 3.05) is 25.0 Å². The van der Waals surface area contributed by atoms with Crippen molar-refractivity contribution in [2.24, 2.45) is 5.92 Å². The number of rotatable bonds is 7. The van der Waals surface area contributed by atoms with E-state index in [2.05, 4.69) is 27.6 Å². The van der Waals surface area contributed by atoms with Gasteiger partial charge in [0.2, 0.25) is 0 Å². The van der Waals surface area contributed by atoms with Gasteiger partial charge in [-0.2, -0.15) is 5.10 Å². The number of ether oxygens (including phenoxy) is 1. The molecular weight excluding hydrogens is 490 g/mol. The van der Waals surface area contributed by atoms with E-state index in [1.54, 1.807) is 39.9 Å². The molecule has 3 aromatic rings. The minimum absolute atomic E-state index is 0. The highest BCUT2D eigenvalue weighted by Crippen LogP contribution is 2.34. The number of nitrogens with one attached hydrogen (secondary N) is 2. The number of fused-ring (bicyclic) bond motifs is 1. The van der Waals surface area contributed by atoms with Crippen LogP contribution in [0.4, 0.5) is 10.6 Å². The number of alkyl carbamates (subject to hydrolysis) is 1. The SMILES string of the molecule is CCOC(=O)NC1CCN(C(=O)c2cc(N[C@H](C)C3CC3)nc(-c3cnn4ccsc34)n2)CC1.Cl. The predicted octanol–water partition coefficient (Wildman–Crippen LogP) is 3.84. The number of hydrogen-bond acceptors (Lipinski definition) is 8. The predicted molar refractivity (Wildman–Crippen MR) is 136 cm³/mol. The Labute approximate surface area is 213 Å². The molecule has 2 amide bonds. The van der Waals surface area contributed by atoms with Gasteiger partial charge in [-0.15, -0.1) is 23.7 Å². The van der Waals surface area contributed by atoms with Gasteiger partial charge >= 0.3 is 6.09 Å². The molecule has 1 saturated heterocycles. The number of thiazole rings is 1. The van der Waals surface area contributed by atoms with Crippen molar-refractivity contribution < 1.29 is 14.3 Å². The number of halogens is 1. The first-order chi connectivity index (χ1) is 16.5. The molecule has 0 radical (unpaired) electrons. The second kappa shape index (κ2) is 10.8. The first kappa shape index (κ1) is 25.2. The summed E-state index contributed by atoms with van der Waals surface area (Å²) in [6.45, 7) is 5.35. The largest absolute Gasteiger partial charge is 0.450 e. The fourth-order valence-electron chi connectivity index (χ4n) is 4.31. The van der Waals surface area contributed by atoms with Crippen LogP contribution in [0.2, 0.25) is 0 Å². The number of anilines is 1. The Kier molecular flexibility index (Phi) is 7.75. The van der Waals surface area contributed by atoms with Crippen LogP contribution in [0.1, 0.15) is 50.0 Å². The summed E-state index contributed by atoms with van der Waals surface area (Å²) in [6, 6.07) is 2.03. The Bertz CT molecular complexity index is 1190. The van der Waals surface area contributed by atoms with E-state index >= 15 is 0 Å². The van der Waals surface area contributed by atoms with Crippen LogP contribution < -0.4 is 10.6 Å². The number of likely N-dealkylation sites (tertiary alicyclic amines) is 1. The maximum absolute atomic E-state index is 13.4. The van der Waals surface area contributed by atoms with E-state index in [-0.39, 0.29) is 30.4 Å². The van der Waals surface area contributed by atoms with Crippen molar-refractivity contribution >= 4 is 46.4 Å². The number of nitrogens with zero attached hydrogens (tertiary/aromatic N) is 5. The summed E-state index contributed by atoms with van der Waals surface area (Å²) in [5, 5.41) is 12.7. The van der Waals surface area contributed by atoms with Gasteiger partial charge in [-0.1, -0.05) is 0 Å². The summed E-state index contributed by atoms with van der Waals surface area (Å²) in [5.74, 6) is 1.66. The van der Waals surface area contributed by atoms with Crippen molar-refractivity contribution in [3.63, 3.8) is 0 Å². The van der Waals surface area contributed by atoms with Gasteiger partial charge in [0.05, 0.1) is 18.4 Å². The van der Waals surface area contributed by atoms with Gasteiger partial charge in [-0.3, -0.25) is 4.79 Å². The lowest BCUT2D eigenvalue weighted by atomic mass is 10.0. The van der Waals surface area contributed by atoms with E-state index in [1.807, 2.05) is 11.6 Å². The molecular formula is C23H30ClN7O3S. The van der Waals surface area contributed by atoms with Gasteiger partial charge in [0.25, 0.3) is 5.91 Å². The summed E-state index contributed by atoms with van der Waals surface area (Å²) in [5.41, 5.74) is 1.17. The molecule has 2 fully saturated rings. The standard InChI is InChI=1S/C23H29N7O3S.ClH/c1-3-33-23(32)26-16-6-8-29(9-7-16)21(31)18-12-19(25-14(2)15-4-5-15)28-20(27-18)17-13-24-30-10-11-34-22(17)30;/h10-16H,3-9H2,1-2H3,(H,26,32)(H,25,27,28);1H/t14-;/m1./s1. The third-order valence-corrected chi connectivity index (χ3v) is 7.29. The average Bonchev–Trinajstić information content (AvgIpc) is 3.45. The number of amides is 2. The van der Waals surface area contributed by atoms with Crippen LogP contribution in [0.25, 0.3) is 16.2 Å². The molecule has 1 aliphatic carbocycles. The van der Waals surface area contributed by atoms with Gasteiger partial charge in [0.15, 0.2) is 5.82 Å². The lowest BCUT2D eigenvalue weighted by Crippen LogP contribution is -2.46. The summed E-state index contributed by atoms with van der Waals surface area (Å²) in [6.07, 6.45) is 7.00. The third-order valence-electron chi connectivity index (χ3n) is 6.40. The topological polar surface area (TPSA) is 114 Å². The normalized spacial score (nSPS) is 17.0. The van der Waals surface area contributed by atoms with Gasteiger partial charge in [0.1, 0.15) is 16.3 Å². The van der Waals surface area contributed by atoms with E-state index in [9.17, 15) is 9.59 Å². The number of aromatic nitrogens is 4. The zero-order valence-corrected chi connectivity index (χ0v) is 21.4. The molecule has 1 saturated carbocycles. The van der Waals surface area contributed by atoms with Crippen LogP contribution >= 0.6 is 23.7 Å². The van der Waals surface area contributed by atoms with Crippen LogP contribution in [0.3, 0.4) is 0 Å². The number of carbonyl (C=O) groups excluding carboxylic acids is 2. The van der Waals surface area contributed by atoms with Crippen LogP contribution in [0.15, 0.2) is 23.8 Å². The smallest absolute Gasteiger partial charge is 0.407 e. The molecule has 35 heavy (non-hydrogen) atoms. The molecule has 4 heterocycles. The van der Waals surface area contributed by atoms with E-state index in [0.29, 0.717) is 55.8 Å². The minimum Gasteiger partial charge on any atom is -0.450 e. The minimum atomic E-state index is -0.408. The van der Waals surface area contributed by atoms with Gasteiger partial charge < -0.3 is 20.3 Å². The Balaban J connectivity index is 0.00000289. The van der Waals surface area contributed by atoms with Crippen LogP contribution in [-0.4, -0.2) is 68.3 Å². The Hall–Kier alpha value is -2.92. The molecule has 12 heteroatoms. The van der Waals surface area contributed by atoms with Gasteiger partial charge in [0, 0.05) is 42.8 Å². The Morgan fingerprint density at radius 1 is 1.23 bits per heavy atom. The molecule has 0 aromatic carbocycles. The van der Waals surface area contributed by atoms with Crippen molar-refractivity contribution in [2.45, 2.75) is 51.6 Å². The highest BCUT2D eigenvalue weighted by atomic mass is 35.5. The lowest BCUT2D eigenvalue weighted by molar-refractivity contribution is 0.0696. The van der Waals surface area contributed by atoms with Crippen molar-refractivity contribution in [3.05, 3.63) is 29.5 Å². The number of carbonyl (C=O) groups is 2. The molecule has 1 atom stereocenters. The molecule has 2 N–H and O–H groups in total. The molecule has 0 spiro atoms. The summed E-state index contributed by atoms with van der Waals surface area (Å²) >= 11 is 1.56. The zero-order valence-electron chi connectivity index (χ0n) is 19.8. The quantitative estimate of drug-likeness (QED) is 0.487. The Morgan fingerprint density at radius 3 is 2.71 bits per heavy atom. The molecule has 0 bridgehead atoms. The third kappa shape index (κ3) is 5.67. The van der Waals surface area contributed by atoms with Gasteiger partial charge in [-0.05, 0) is 45.4 Å². The lowest BCUT2D eigenvalue weighted by Gasteiger charge is -2.32. The molecule has 3 aromatic heterocycles. The summed E-state index contributed by atoms with van der Waals surface area (Å²) in [7, 11) is 0. The second-order valence-corrected chi connectivity index (χ2v) is 9.77. The monoisotopic (exact) mass is 519 g/mol. The molecule has 1 aliphatic heterocycles. The van der Waals surface area contributed by atoms with E-state index in [1.165, 1.54) is 12.8 Å². The molecule has 10 nitrogen and oxygen atoms in total. The average molecular weight is 520 g/mol. The van der Waals surface area contributed by atoms with E-state index in [0.717, 1.165) is 10.4 Å². The highest BCUT2D eigenvalue weighted by Gasteiger charge is 2.30. The van der Waals surface area contributed by atoms with Crippen molar-refractivity contribution in [1.29, 1.82) is 0 Å². The summed E-state index contributed by atoms with van der Waals surface area (Å²) < 4.78 is 6.76. The molecule has 2 aliphatic rings. The van der Waals surface area contributed by atoms with E-state index in [4.69, 9.17) is 9.72 Å². The fraction of sp³-hybridized carbons (Fsp3) is 0.522. The van der Waals surface area contributed by atoms with Gasteiger partial charge in [-0.25, -0.2) is 19.3 Å².